The third kappa shape index (κ3) is 10.0. The van der Waals surface area contributed by atoms with Gasteiger partial charge < -0.3 is 24.1 Å². The number of carboxylic acids is 1. The van der Waals surface area contributed by atoms with Crippen LogP contribution in [0.5, 0.6) is 11.5 Å². The molecule has 16 heteroatoms. The Kier molecular flexibility index (Phi) is 15.1. The molecule has 11 nitrogen and oxygen atoms in total. The summed E-state index contributed by atoms with van der Waals surface area (Å²) in [5.41, 5.74) is -0.103. The molecule has 0 aromatic heterocycles. The van der Waals surface area contributed by atoms with Gasteiger partial charge in [-0.05, 0) is 72.7 Å². The number of ether oxygens (including phenoxy) is 4. The van der Waals surface area contributed by atoms with Crippen molar-refractivity contribution in [3.63, 3.8) is 0 Å². The fourth-order valence-corrected chi connectivity index (χ4v) is 7.77. The normalized spacial score (nSPS) is 18.1. The zero-order chi connectivity index (χ0) is 29.5. The average Bonchev–Trinajstić information content (AvgIpc) is 3.62. The molecule has 2 aromatic rings. The number of methoxy groups -OCH3 is 2. The molecule has 236 valence electrons. The van der Waals surface area contributed by atoms with Crippen LogP contribution in [0.25, 0.3) is 0 Å². The van der Waals surface area contributed by atoms with Crippen molar-refractivity contribution in [2.24, 2.45) is 11.8 Å². The first-order valence-electron chi connectivity index (χ1n) is 12.3. The fourth-order valence-electron chi connectivity index (χ4n) is 4.32. The molecule has 2 saturated heterocycles. The van der Waals surface area contributed by atoms with E-state index in [1.807, 2.05) is 0 Å². The van der Waals surface area contributed by atoms with Crippen molar-refractivity contribution >= 4 is 69.5 Å². The fraction of sp³-hybridized carbons (Fsp3) is 0.462. The Balaban J connectivity index is 0.000000401. The van der Waals surface area contributed by atoms with E-state index in [9.17, 15) is 26.4 Å². The first-order chi connectivity index (χ1) is 18.9. The Morgan fingerprint density at radius 3 is 1.55 bits per heavy atom. The molecular formula is C26H35ClO11S4. The van der Waals surface area contributed by atoms with Crippen LogP contribution < -0.4 is 9.47 Å². The minimum atomic E-state index is -3.52. The molecule has 1 N–H and O–H groups in total. The molecule has 0 bridgehead atoms. The number of aromatic carboxylic acids is 1. The van der Waals surface area contributed by atoms with E-state index < -0.39 is 30.9 Å². The number of halogens is 1. The van der Waals surface area contributed by atoms with Gasteiger partial charge in [-0.3, -0.25) is 4.79 Å². The van der Waals surface area contributed by atoms with Gasteiger partial charge in [0.25, 0.3) is 5.24 Å². The van der Waals surface area contributed by atoms with Crippen LogP contribution in [0.15, 0.2) is 46.2 Å². The van der Waals surface area contributed by atoms with Gasteiger partial charge in [0.1, 0.15) is 17.1 Å². The summed E-state index contributed by atoms with van der Waals surface area (Å²) in [4.78, 5) is 22.5. The highest BCUT2D eigenvalue weighted by molar-refractivity contribution is 7.91. The number of rotatable bonds is 10. The molecule has 4 rings (SSSR count). The predicted octanol–water partition coefficient (Wildman–Crippen LogP) is 3.31. The minimum Gasteiger partial charge on any atom is -0.496 e. The van der Waals surface area contributed by atoms with Gasteiger partial charge in [-0.25, -0.2) is 21.6 Å². The molecule has 0 saturated carbocycles. The van der Waals surface area contributed by atoms with Gasteiger partial charge >= 0.3 is 5.97 Å². The number of hydrogen-bond acceptors (Lipinski definition) is 10. The maximum atomic E-state index is 12.3. The van der Waals surface area contributed by atoms with Gasteiger partial charge in [-0.1, -0.05) is 0 Å². The van der Waals surface area contributed by atoms with E-state index in [0.29, 0.717) is 32.8 Å². The Hall–Kier alpha value is -2.01. The summed E-state index contributed by atoms with van der Waals surface area (Å²) in [7, 11) is -4.26. The molecule has 2 fully saturated rings. The van der Waals surface area contributed by atoms with Gasteiger partial charge in [0.2, 0.25) is 0 Å². The number of carboxylic acid groups (broad SMARTS) is 1. The standard InChI is InChI=1S/C13H15ClO5S.C13H16O6S.2H2S/c2*1-18-12-3-2-10(6-11(12)13(14)15)20(16,17)8-9-4-5-19-7-9;;/h2-3,6,9H,4-5,7-8H2,1H3;2-3,6,9H,4-5,7-8H2,1H3,(H,14,15);2*1H2/t2*9-;;/m00../s1. The van der Waals surface area contributed by atoms with E-state index in [2.05, 4.69) is 0 Å². The van der Waals surface area contributed by atoms with Crippen molar-refractivity contribution in [3.8, 4) is 11.5 Å². The predicted molar refractivity (Wildman–Crippen MR) is 166 cm³/mol. The molecule has 0 spiro atoms. The van der Waals surface area contributed by atoms with E-state index in [1.54, 1.807) is 0 Å². The molecule has 0 radical (unpaired) electrons. The van der Waals surface area contributed by atoms with Crippen LogP contribution >= 0.6 is 38.6 Å². The van der Waals surface area contributed by atoms with Gasteiger partial charge in [0.15, 0.2) is 19.7 Å². The van der Waals surface area contributed by atoms with Crippen LogP contribution in [0, 0.1) is 11.8 Å². The second-order valence-electron chi connectivity index (χ2n) is 9.33. The van der Waals surface area contributed by atoms with E-state index in [4.69, 9.17) is 35.7 Å². The van der Waals surface area contributed by atoms with Crippen LogP contribution in [-0.4, -0.2) is 85.3 Å². The lowest BCUT2D eigenvalue weighted by molar-refractivity contribution is 0.0692. The molecule has 42 heavy (non-hydrogen) atoms. The van der Waals surface area contributed by atoms with Crippen molar-refractivity contribution in [1.29, 1.82) is 0 Å². The van der Waals surface area contributed by atoms with Crippen LogP contribution in [-0.2, 0) is 29.1 Å². The highest BCUT2D eigenvalue weighted by Gasteiger charge is 2.27. The molecule has 2 aliphatic rings. The Bertz CT molecular complexity index is 1320. The second-order valence-corrected chi connectivity index (χ2v) is 13.7. The van der Waals surface area contributed by atoms with Crippen molar-refractivity contribution < 1.29 is 50.5 Å². The first-order valence-corrected chi connectivity index (χ1v) is 16.0. The molecule has 0 aliphatic carbocycles. The Morgan fingerprint density at radius 1 is 0.810 bits per heavy atom. The summed E-state index contributed by atoms with van der Waals surface area (Å²) in [6, 6.07) is 8.00. The van der Waals surface area contributed by atoms with Crippen molar-refractivity contribution in [2.75, 3.05) is 52.2 Å². The lowest BCUT2D eigenvalue weighted by Crippen LogP contribution is -2.17. The van der Waals surface area contributed by atoms with Crippen molar-refractivity contribution in [3.05, 3.63) is 47.5 Å². The molecule has 2 aliphatic heterocycles. The smallest absolute Gasteiger partial charge is 0.339 e. The number of benzene rings is 2. The summed E-state index contributed by atoms with van der Waals surface area (Å²) < 4.78 is 69.4. The van der Waals surface area contributed by atoms with Gasteiger partial charge in [-0.2, -0.15) is 27.0 Å². The van der Waals surface area contributed by atoms with Gasteiger partial charge in [0, 0.05) is 13.2 Å². The van der Waals surface area contributed by atoms with Gasteiger partial charge in [0.05, 0.1) is 54.3 Å². The average molecular weight is 687 g/mol. The van der Waals surface area contributed by atoms with Crippen molar-refractivity contribution in [2.45, 2.75) is 22.6 Å². The molecule has 2 aromatic carbocycles. The lowest BCUT2D eigenvalue weighted by Gasteiger charge is -2.11. The third-order valence-electron chi connectivity index (χ3n) is 6.46. The molecule has 2 heterocycles. The molecule has 0 unspecified atom stereocenters. The van der Waals surface area contributed by atoms with E-state index in [-0.39, 0.29) is 82.7 Å². The van der Waals surface area contributed by atoms with Crippen LogP contribution in [0.1, 0.15) is 33.6 Å². The topological polar surface area (TPSA) is 160 Å². The highest BCUT2D eigenvalue weighted by Crippen LogP contribution is 2.27. The zero-order valence-electron chi connectivity index (χ0n) is 23.0. The quantitative estimate of drug-likeness (QED) is 0.365. The Morgan fingerprint density at radius 2 is 1.21 bits per heavy atom. The first kappa shape index (κ1) is 38.0. The summed E-state index contributed by atoms with van der Waals surface area (Å²) in [6.07, 6.45) is 1.44. The van der Waals surface area contributed by atoms with Crippen LogP contribution in [0.4, 0.5) is 0 Å². The monoisotopic (exact) mass is 686 g/mol. The SMILES string of the molecule is COc1ccc(S(=O)(=O)C[C@H]2CCOC2)cc1C(=O)Cl.COc1ccc(S(=O)(=O)C[C@H]2CCOC2)cc1C(=O)O.S.S. The minimum absolute atomic E-state index is 0. The summed E-state index contributed by atoms with van der Waals surface area (Å²) in [5, 5.41) is 8.33. The van der Waals surface area contributed by atoms with Gasteiger partial charge in [-0.15, -0.1) is 0 Å². The number of sulfone groups is 2. The number of hydrogen-bond donors (Lipinski definition) is 1. The summed E-state index contributed by atoms with van der Waals surface area (Å²) in [5.74, 6) is -0.877. The van der Waals surface area contributed by atoms with E-state index >= 15 is 0 Å². The summed E-state index contributed by atoms with van der Waals surface area (Å²) in [6.45, 7) is 2.05. The zero-order valence-corrected chi connectivity index (χ0v) is 27.4. The van der Waals surface area contributed by atoms with E-state index in [0.717, 1.165) is 12.5 Å². The van der Waals surface area contributed by atoms with Crippen LogP contribution in [0.3, 0.4) is 0 Å². The highest BCUT2D eigenvalue weighted by atomic mass is 35.5. The van der Waals surface area contributed by atoms with Crippen molar-refractivity contribution in [1.82, 2.24) is 0 Å². The number of carbonyl (C=O) groups excluding carboxylic acids is 1. The Labute approximate surface area is 264 Å². The van der Waals surface area contributed by atoms with Crippen LogP contribution in [0.2, 0.25) is 0 Å². The molecular weight excluding hydrogens is 652 g/mol. The maximum Gasteiger partial charge on any atom is 0.339 e. The largest absolute Gasteiger partial charge is 0.496 e. The maximum absolute atomic E-state index is 12.3. The summed E-state index contributed by atoms with van der Waals surface area (Å²) >= 11 is 5.45. The second kappa shape index (κ2) is 16.7. The lowest BCUT2D eigenvalue weighted by atomic mass is 10.2. The molecule has 2 atom stereocenters. The number of carbonyl (C=O) groups is 2. The van der Waals surface area contributed by atoms with E-state index in [1.165, 1.54) is 44.6 Å². The third-order valence-corrected chi connectivity index (χ3v) is 10.4. The molecule has 0 amide bonds.